The summed E-state index contributed by atoms with van der Waals surface area (Å²) in [5.74, 6) is -1.81. The van der Waals surface area contributed by atoms with Crippen LogP contribution in [0.3, 0.4) is 0 Å². The summed E-state index contributed by atoms with van der Waals surface area (Å²) in [4.78, 5) is 11.6. The summed E-state index contributed by atoms with van der Waals surface area (Å²) < 4.78 is 40.3. The lowest BCUT2D eigenvalue weighted by Gasteiger charge is -2.08. The van der Waals surface area contributed by atoms with Crippen molar-refractivity contribution in [3.8, 4) is 0 Å². The quantitative estimate of drug-likeness (QED) is 0.724. The largest absolute Gasteiger partial charge is 0.324 e. The molecule has 0 spiro atoms. The van der Waals surface area contributed by atoms with Gasteiger partial charge in [0.2, 0.25) is 5.91 Å². The zero-order chi connectivity index (χ0) is 15.8. The molecule has 0 radical (unpaired) electrons. The highest BCUT2D eigenvalue weighted by molar-refractivity contribution is 7.83. The number of rotatable bonds is 8. The van der Waals surface area contributed by atoms with Crippen LogP contribution in [0.1, 0.15) is 33.1 Å². The van der Waals surface area contributed by atoms with E-state index in [0.717, 1.165) is 12.1 Å². The van der Waals surface area contributed by atoms with Gasteiger partial charge in [-0.2, -0.15) is 0 Å². The van der Waals surface area contributed by atoms with E-state index in [9.17, 15) is 17.8 Å². The molecule has 0 aromatic heterocycles. The first-order valence-electron chi connectivity index (χ1n) is 6.79. The highest BCUT2D eigenvalue weighted by Gasteiger charge is 2.08. The number of unbranched alkanes of at least 4 members (excludes halogenated alkanes) is 1. The van der Waals surface area contributed by atoms with Crippen molar-refractivity contribution < 1.29 is 17.8 Å². The van der Waals surface area contributed by atoms with Gasteiger partial charge in [0, 0.05) is 24.3 Å². The first-order valence-corrected chi connectivity index (χ1v) is 8.00. The van der Waals surface area contributed by atoms with E-state index in [0.29, 0.717) is 19.4 Å². The fourth-order valence-corrected chi connectivity index (χ4v) is 2.23. The highest BCUT2D eigenvalue weighted by atomic mass is 32.2. The Labute approximate surface area is 125 Å². The van der Waals surface area contributed by atoms with E-state index < -0.39 is 22.6 Å². The molecule has 1 rings (SSSR count). The average Bonchev–Trinajstić information content (AvgIpc) is 2.41. The van der Waals surface area contributed by atoms with Gasteiger partial charge in [-0.05, 0) is 38.8 Å². The van der Waals surface area contributed by atoms with E-state index in [2.05, 4.69) is 10.0 Å². The van der Waals surface area contributed by atoms with E-state index in [1.165, 1.54) is 6.07 Å². The van der Waals surface area contributed by atoms with E-state index in [4.69, 9.17) is 0 Å². The third-order valence-electron chi connectivity index (χ3n) is 2.71. The molecule has 0 heterocycles. The lowest BCUT2D eigenvalue weighted by Crippen LogP contribution is -2.25. The molecule has 0 fully saturated rings. The van der Waals surface area contributed by atoms with Crippen molar-refractivity contribution >= 4 is 22.6 Å². The third-order valence-corrected chi connectivity index (χ3v) is 4.05. The standard InChI is InChI=1S/C14H20F2N2O2S/c1-10(2)21(20)17-8-4-3-5-14(19)18-13-7-6-11(15)9-12(13)16/h6-7,9-10,17H,3-5,8H2,1-2H3,(H,18,19). The Kier molecular flexibility index (Phi) is 7.45. The Morgan fingerprint density at radius 3 is 2.62 bits per heavy atom. The maximum Gasteiger partial charge on any atom is 0.224 e. The van der Waals surface area contributed by atoms with Crippen LogP contribution in [0.2, 0.25) is 0 Å². The van der Waals surface area contributed by atoms with Crippen molar-refractivity contribution in [1.29, 1.82) is 0 Å². The average molecular weight is 318 g/mol. The molecular formula is C14H20F2N2O2S. The summed E-state index contributed by atoms with van der Waals surface area (Å²) in [5.41, 5.74) is -0.0274. The summed E-state index contributed by atoms with van der Waals surface area (Å²) in [7, 11) is -1.06. The summed E-state index contributed by atoms with van der Waals surface area (Å²) in [6.45, 7) is 4.27. The molecule has 0 bridgehead atoms. The SMILES string of the molecule is CC(C)S(=O)NCCCCC(=O)Nc1ccc(F)cc1F. The number of hydrogen-bond donors (Lipinski definition) is 2. The minimum atomic E-state index is -1.06. The van der Waals surface area contributed by atoms with E-state index in [1.807, 2.05) is 13.8 Å². The Balaban J connectivity index is 2.24. The molecule has 7 heteroatoms. The van der Waals surface area contributed by atoms with Crippen LogP contribution >= 0.6 is 0 Å². The molecule has 0 saturated heterocycles. The predicted octanol–water partition coefficient (Wildman–Crippen LogP) is 2.74. The molecular weight excluding hydrogens is 298 g/mol. The van der Waals surface area contributed by atoms with Gasteiger partial charge in [-0.15, -0.1) is 0 Å². The Morgan fingerprint density at radius 1 is 1.29 bits per heavy atom. The van der Waals surface area contributed by atoms with Gasteiger partial charge in [0.25, 0.3) is 0 Å². The zero-order valence-electron chi connectivity index (χ0n) is 12.1. The molecule has 118 valence electrons. The monoisotopic (exact) mass is 318 g/mol. The fraction of sp³-hybridized carbons (Fsp3) is 0.500. The number of carbonyl (C=O) groups excluding carboxylic acids is 1. The van der Waals surface area contributed by atoms with Crippen molar-refractivity contribution in [3.05, 3.63) is 29.8 Å². The predicted molar refractivity (Wildman–Crippen MR) is 80.1 cm³/mol. The first kappa shape index (κ1) is 17.7. The Bertz CT molecular complexity index is 510. The first-order chi connectivity index (χ1) is 9.90. The molecule has 1 aromatic rings. The molecule has 0 aliphatic carbocycles. The Morgan fingerprint density at radius 2 is 2.00 bits per heavy atom. The van der Waals surface area contributed by atoms with Crippen LogP contribution in [-0.2, 0) is 15.8 Å². The second-order valence-electron chi connectivity index (χ2n) is 4.87. The van der Waals surface area contributed by atoms with Crippen molar-refractivity contribution in [2.24, 2.45) is 0 Å². The number of hydrogen-bond acceptors (Lipinski definition) is 2. The molecule has 2 N–H and O–H groups in total. The molecule has 0 saturated carbocycles. The van der Waals surface area contributed by atoms with E-state index >= 15 is 0 Å². The Hall–Kier alpha value is -1.34. The smallest absolute Gasteiger partial charge is 0.224 e. The molecule has 1 amide bonds. The normalized spacial score (nSPS) is 12.4. The van der Waals surface area contributed by atoms with Crippen molar-refractivity contribution in [3.63, 3.8) is 0 Å². The molecule has 21 heavy (non-hydrogen) atoms. The summed E-state index contributed by atoms with van der Waals surface area (Å²) in [5, 5.41) is 2.45. The molecule has 1 atom stereocenters. The highest BCUT2D eigenvalue weighted by Crippen LogP contribution is 2.15. The van der Waals surface area contributed by atoms with Crippen LogP contribution in [0.25, 0.3) is 0 Å². The maximum atomic E-state index is 13.3. The van der Waals surface area contributed by atoms with Crippen LogP contribution in [0, 0.1) is 11.6 Å². The van der Waals surface area contributed by atoms with Crippen LogP contribution in [0.15, 0.2) is 18.2 Å². The number of benzene rings is 1. The van der Waals surface area contributed by atoms with Gasteiger partial charge in [0.15, 0.2) is 0 Å². The number of anilines is 1. The molecule has 4 nitrogen and oxygen atoms in total. The second kappa shape index (κ2) is 8.84. The van der Waals surface area contributed by atoms with E-state index in [1.54, 1.807) is 0 Å². The molecule has 1 aromatic carbocycles. The number of halogens is 2. The fourth-order valence-electron chi connectivity index (χ4n) is 1.55. The number of amides is 1. The maximum absolute atomic E-state index is 13.3. The van der Waals surface area contributed by atoms with Gasteiger partial charge in [0.1, 0.15) is 11.6 Å². The second-order valence-corrected chi connectivity index (χ2v) is 6.70. The summed E-state index contributed by atoms with van der Waals surface area (Å²) >= 11 is 0. The molecule has 0 aliphatic rings. The van der Waals surface area contributed by atoms with Gasteiger partial charge in [-0.3, -0.25) is 4.79 Å². The van der Waals surface area contributed by atoms with Gasteiger partial charge >= 0.3 is 0 Å². The van der Waals surface area contributed by atoms with Gasteiger partial charge < -0.3 is 5.32 Å². The number of nitrogens with one attached hydrogen (secondary N) is 2. The van der Waals surface area contributed by atoms with Gasteiger partial charge in [-0.25, -0.2) is 17.7 Å². The zero-order valence-corrected chi connectivity index (χ0v) is 12.9. The lowest BCUT2D eigenvalue weighted by molar-refractivity contribution is -0.116. The molecule has 0 aliphatic heterocycles. The number of carbonyl (C=O) groups is 1. The minimum absolute atomic E-state index is 0.0274. The van der Waals surface area contributed by atoms with Crippen molar-refractivity contribution in [2.45, 2.75) is 38.4 Å². The van der Waals surface area contributed by atoms with Crippen LogP contribution < -0.4 is 10.0 Å². The lowest BCUT2D eigenvalue weighted by atomic mass is 10.2. The van der Waals surface area contributed by atoms with Crippen molar-refractivity contribution in [2.75, 3.05) is 11.9 Å². The van der Waals surface area contributed by atoms with Gasteiger partial charge in [0.05, 0.1) is 16.7 Å². The van der Waals surface area contributed by atoms with Crippen LogP contribution in [-0.4, -0.2) is 21.9 Å². The topological polar surface area (TPSA) is 58.2 Å². The van der Waals surface area contributed by atoms with E-state index in [-0.39, 0.29) is 23.3 Å². The van der Waals surface area contributed by atoms with Crippen LogP contribution in [0.5, 0.6) is 0 Å². The van der Waals surface area contributed by atoms with Crippen LogP contribution in [0.4, 0.5) is 14.5 Å². The summed E-state index contributed by atoms with van der Waals surface area (Å²) in [6, 6.07) is 3.00. The summed E-state index contributed by atoms with van der Waals surface area (Å²) in [6.07, 6.45) is 1.52. The molecule has 1 unspecified atom stereocenters. The minimum Gasteiger partial charge on any atom is -0.324 e. The van der Waals surface area contributed by atoms with Gasteiger partial charge in [-0.1, -0.05) is 0 Å². The van der Waals surface area contributed by atoms with Crippen molar-refractivity contribution in [1.82, 2.24) is 4.72 Å². The third kappa shape index (κ3) is 6.77.